The first-order valence-electron chi connectivity index (χ1n) is 3.17. The van der Waals surface area contributed by atoms with Crippen LogP contribution >= 0.6 is 11.1 Å². The van der Waals surface area contributed by atoms with Gasteiger partial charge in [0.25, 0.3) is 0 Å². The molecule has 1 rings (SSSR count). The number of rotatable bonds is 1. The average molecular weight is 147 g/mol. The summed E-state index contributed by atoms with van der Waals surface area (Å²) in [4.78, 5) is 0. The first-order valence-corrected chi connectivity index (χ1v) is 6.02. The highest BCUT2D eigenvalue weighted by molar-refractivity contribution is 6.97. The van der Waals surface area contributed by atoms with E-state index in [1.807, 2.05) is 0 Å². The Bertz CT molecular complexity index is 98.7. The molecule has 0 saturated heterocycles. The fraction of sp³-hybridized carbons (Fsp3) is 0.667. The van der Waals surface area contributed by atoms with Gasteiger partial charge in [0.15, 0.2) is 8.83 Å². The largest absolute Gasteiger partial charge is 0.170 e. The Kier molecular flexibility index (Phi) is 2.63. The quantitative estimate of drug-likeness (QED) is 0.391. The summed E-state index contributed by atoms with van der Waals surface area (Å²) in [7, 11) is -0.298. The van der Waals surface area contributed by atoms with Gasteiger partial charge in [-0.25, -0.2) is 0 Å². The Hall–Kier alpha value is 0.247. The van der Waals surface area contributed by atoms with Crippen LogP contribution in [-0.2, 0) is 0 Å². The van der Waals surface area contributed by atoms with Gasteiger partial charge in [-0.3, -0.25) is 0 Å². The molecule has 0 spiro atoms. The van der Waals surface area contributed by atoms with E-state index in [0.717, 1.165) is 0 Å². The Morgan fingerprint density at radius 3 is 2.75 bits per heavy atom. The molecule has 0 heterocycles. The van der Waals surface area contributed by atoms with Gasteiger partial charge in [0.2, 0.25) is 0 Å². The number of hydrogen-bond donors (Lipinski definition) is 0. The van der Waals surface area contributed by atoms with Gasteiger partial charge in [0, 0.05) is 0 Å². The van der Waals surface area contributed by atoms with Crippen molar-refractivity contribution in [1.82, 2.24) is 0 Å². The van der Waals surface area contributed by atoms with Gasteiger partial charge in [-0.2, -0.15) is 11.1 Å². The second kappa shape index (κ2) is 3.31. The van der Waals surface area contributed by atoms with Gasteiger partial charge in [0.05, 0.1) is 0 Å². The van der Waals surface area contributed by atoms with Crippen LogP contribution in [0.4, 0.5) is 0 Å². The molecule has 1 aliphatic carbocycles. The molecular weight excluding hydrogens is 136 g/mol. The monoisotopic (exact) mass is 146 g/mol. The minimum Gasteiger partial charge on any atom is -0.170 e. The van der Waals surface area contributed by atoms with Crippen molar-refractivity contribution in [2.24, 2.45) is 0 Å². The lowest BCUT2D eigenvalue weighted by Gasteiger charge is -2.07. The lowest BCUT2D eigenvalue weighted by molar-refractivity contribution is 0.721. The molecular formula is C6H11ClSi. The molecule has 0 radical (unpaired) electrons. The predicted molar refractivity (Wildman–Crippen MR) is 40.9 cm³/mol. The average Bonchev–Trinajstić information content (AvgIpc) is 1.90. The molecule has 0 atom stereocenters. The summed E-state index contributed by atoms with van der Waals surface area (Å²) in [5, 5.41) is 1.58. The molecule has 0 saturated carbocycles. The lowest BCUT2D eigenvalue weighted by atomic mass is 10.1. The lowest BCUT2D eigenvalue weighted by Crippen LogP contribution is -1.94. The molecule has 0 fully saturated rings. The molecule has 0 aliphatic heterocycles. The summed E-state index contributed by atoms with van der Waals surface area (Å²) in [5.41, 5.74) is 0. The second-order valence-electron chi connectivity index (χ2n) is 2.24. The van der Waals surface area contributed by atoms with Crippen molar-refractivity contribution in [3.8, 4) is 0 Å². The Balaban J connectivity index is 2.37. The number of hydrogen-bond acceptors (Lipinski definition) is 0. The minimum atomic E-state index is -0.298. The third-order valence-electron chi connectivity index (χ3n) is 1.56. The molecule has 0 amide bonds. The van der Waals surface area contributed by atoms with Crippen LogP contribution in [0.15, 0.2) is 11.3 Å². The first kappa shape index (κ1) is 6.37. The van der Waals surface area contributed by atoms with Crippen LogP contribution in [0.3, 0.4) is 0 Å². The van der Waals surface area contributed by atoms with E-state index in [2.05, 4.69) is 6.08 Å². The minimum absolute atomic E-state index is 0.298. The number of halogens is 1. The molecule has 0 nitrogen and oxygen atoms in total. The fourth-order valence-electron chi connectivity index (χ4n) is 1.03. The molecule has 0 unspecified atom stereocenters. The predicted octanol–water partition coefficient (Wildman–Crippen LogP) is 1.77. The first-order chi connectivity index (χ1) is 3.93. The molecule has 0 aromatic rings. The normalized spacial score (nSPS) is 21.9. The van der Waals surface area contributed by atoms with E-state index in [1.54, 1.807) is 5.20 Å². The zero-order valence-corrected chi connectivity index (χ0v) is 7.16. The highest BCUT2D eigenvalue weighted by Crippen LogP contribution is 2.16. The molecule has 2 heteroatoms. The van der Waals surface area contributed by atoms with Crippen molar-refractivity contribution in [3.63, 3.8) is 0 Å². The third kappa shape index (κ3) is 1.64. The maximum absolute atomic E-state index is 5.75. The van der Waals surface area contributed by atoms with Gasteiger partial charge >= 0.3 is 0 Å². The zero-order chi connectivity index (χ0) is 5.82. The fourth-order valence-corrected chi connectivity index (χ4v) is 2.45. The van der Waals surface area contributed by atoms with Crippen molar-refractivity contribution in [2.45, 2.75) is 25.7 Å². The van der Waals surface area contributed by atoms with E-state index >= 15 is 0 Å². The molecule has 0 aromatic heterocycles. The summed E-state index contributed by atoms with van der Waals surface area (Å²) in [6, 6.07) is 0. The van der Waals surface area contributed by atoms with E-state index in [9.17, 15) is 0 Å². The van der Waals surface area contributed by atoms with E-state index < -0.39 is 0 Å². The van der Waals surface area contributed by atoms with Crippen LogP contribution in [0.25, 0.3) is 0 Å². The summed E-state index contributed by atoms with van der Waals surface area (Å²) in [6.07, 6.45) is 7.69. The van der Waals surface area contributed by atoms with E-state index in [-0.39, 0.29) is 8.83 Å². The SMILES string of the molecule is Cl[SiH2]C1=CCCCC1. The molecule has 0 N–H and O–H groups in total. The van der Waals surface area contributed by atoms with Crippen LogP contribution < -0.4 is 0 Å². The summed E-state index contributed by atoms with van der Waals surface area (Å²) in [6.45, 7) is 0. The van der Waals surface area contributed by atoms with Crippen molar-refractivity contribution < 1.29 is 0 Å². The number of allylic oxidation sites excluding steroid dienone is 2. The topological polar surface area (TPSA) is 0 Å². The van der Waals surface area contributed by atoms with E-state index in [4.69, 9.17) is 11.1 Å². The Morgan fingerprint density at radius 1 is 1.50 bits per heavy atom. The van der Waals surface area contributed by atoms with Gasteiger partial charge in [-0.1, -0.05) is 11.3 Å². The summed E-state index contributed by atoms with van der Waals surface area (Å²) in [5.74, 6) is 0. The standard InChI is InChI=1S/C6H11ClSi/c7-8-6-4-2-1-3-5-6/h4H,1-3,5,8H2. The van der Waals surface area contributed by atoms with Crippen molar-refractivity contribution in [2.75, 3.05) is 0 Å². The smallest absolute Gasteiger partial charge is 0.151 e. The molecule has 8 heavy (non-hydrogen) atoms. The summed E-state index contributed by atoms with van der Waals surface area (Å²) < 4.78 is 0. The van der Waals surface area contributed by atoms with Gasteiger partial charge in [0.1, 0.15) is 0 Å². The third-order valence-corrected chi connectivity index (χ3v) is 3.57. The van der Waals surface area contributed by atoms with Gasteiger partial charge < -0.3 is 0 Å². The van der Waals surface area contributed by atoms with Crippen LogP contribution in [0.1, 0.15) is 25.7 Å². The summed E-state index contributed by atoms with van der Waals surface area (Å²) >= 11 is 5.75. The van der Waals surface area contributed by atoms with Crippen molar-refractivity contribution >= 4 is 19.9 Å². The maximum atomic E-state index is 5.75. The van der Waals surface area contributed by atoms with Crippen molar-refractivity contribution in [1.29, 1.82) is 0 Å². The maximum Gasteiger partial charge on any atom is 0.151 e. The molecule has 0 aromatic carbocycles. The second-order valence-corrected chi connectivity index (χ2v) is 4.22. The highest BCUT2D eigenvalue weighted by Gasteiger charge is 2.00. The van der Waals surface area contributed by atoms with Crippen LogP contribution in [0.5, 0.6) is 0 Å². The zero-order valence-electron chi connectivity index (χ0n) is 4.99. The Morgan fingerprint density at radius 2 is 2.38 bits per heavy atom. The van der Waals surface area contributed by atoms with Gasteiger partial charge in [-0.15, -0.1) is 0 Å². The molecule has 46 valence electrons. The van der Waals surface area contributed by atoms with Crippen molar-refractivity contribution in [3.05, 3.63) is 11.3 Å². The van der Waals surface area contributed by atoms with Crippen LogP contribution in [-0.4, -0.2) is 8.83 Å². The molecule has 0 bridgehead atoms. The van der Waals surface area contributed by atoms with Crippen LogP contribution in [0.2, 0.25) is 0 Å². The van der Waals surface area contributed by atoms with Gasteiger partial charge in [-0.05, 0) is 25.7 Å². The van der Waals surface area contributed by atoms with E-state index in [1.165, 1.54) is 25.7 Å². The highest BCUT2D eigenvalue weighted by atomic mass is 35.6. The Labute approximate surface area is 57.5 Å². The van der Waals surface area contributed by atoms with E-state index in [0.29, 0.717) is 0 Å². The van der Waals surface area contributed by atoms with Crippen LogP contribution in [0, 0.1) is 0 Å². The molecule has 1 aliphatic rings.